The fourth-order valence-corrected chi connectivity index (χ4v) is 7.01. The Labute approximate surface area is 212 Å². The van der Waals surface area contributed by atoms with Gasteiger partial charge in [-0.15, -0.1) is 0 Å². The maximum atomic E-state index is 12.5. The second-order valence-electron chi connectivity index (χ2n) is 10.8. The summed E-state index contributed by atoms with van der Waals surface area (Å²) >= 11 is 0. The lowest BCUT2D eigenvalue weighted by Gasteiger charge is -2.56. The van der Waals surface area contributed by atoms with Gasteiger partial charge < -0.3 is 24.2 Å². The summed E-state index contributed by atoms with van der Waals surface area (Å²) in [5.74, 6) is 1.29. The molecule has 2 aromatic rings. The van der Waals surface area contributed by atoms with Gasteiger partial charge in [0.25, 0.3) is 0 Å². The first-order valence-corrected chi connectivity index (χ1v) is 13.4. The van der Waals surface area contributed by atoms with Crippen LogP contribution in [0.3, 0.4) is 0 Å². The molecule has 0 saturated carbocycles. The van der Waals surface area contributed by atoms with Crippen molar-refractivity contribution >= 4 is 6.16 Å². The Kier molecular flexibility index (Phi) is 6.26. The molecule has 1 fully saturated rings. The molecule has 6 rings (SSSR count). The van der Waals surface area contributed by atoms with E-state index in [1.807, 2.05) is 18.2 Å². The molecule has 0 amide bonds. The summed E-state index contributed by atoms with van der Waals surface area (Å²) in [7, 11) is 2.18. The number of piperidine rings is 1. The lowest BCUT2D eigenvalue weighted by Crippen LogP contribution is -2.64. The summed E-state index contributed by atoms with van der Waals surface area (Å²) in [6, 6.07) is 14.8. The first kappa shape index (κ1) is 23.6. The monoisotopic (exact) mass is 489 g/mol. The minimum absolute atomic E-state index is 0.267. The molecule has 2 aromatic carbocycles. The number of hydrogen-bond acceptors (Lipinski definition) is 6. The largest absolute Gasteiger partial charge is 0.513 e. The molecule has 6 heteroatoms. The van der Waals surface area contributed by atoms with E-state index in [4.69, 9.17) is 14.2 Å². The van der Waals surface area contributed by atoms with Gasteiger partial charge in [0, 0.05) is 22.9 Å². The Balaban J connectivity index is 1.07. The smallest absolute Gasteiger partial charge is 0.482 e. The van der Waals surface area contributed by atoms with Crippen molar-refractivity contribution in [3.63, 3.8) is 0 Å². The molecule has 0 aromatic heterocycles. The molecule has 4 aliphatic rings. The van der Waals surface area contributed by atoms with E-state index < -0.39 is 12.3 Å². The summed E-state index contributed by atoms with van der Waals surface area (Å²) < 4.78 is 17.5. The van der Waals surface area contributed by atoms with E-state index in [0.717, 1.165) is 57.1 Å². The SMILES string of the molecule is CN1CCC23c4c5ccc(OC(=O)OCCCCCCc6ccccc6)c4OC2C(O)C=CC3C1C5. The highest BCUT2D eigenvalue weighted by atomic mass is 16.7. The van der Waals surface area contributed by atoms with E-state index in [0.29, 0.717) is 24.1 Å². The molecule has 2 aliphatic heterocycles. The van der Waals surface area contributed by atoms with Gasteiger partial charge in [-0.2, -0.15) is 0 Å². The Hall–Kier alpha value is -2.83. The van der Waals surface area contributed by atoms with Crippen LogP contribution in [0.1, 0.15) is 48.8 Å². The standard InChI is InChI=1S/C30H35NO5/c1-31-17-16-30-22-13-14-24(32)28(30)36-27-25(15-12-21(26(27)30)19-23(22)31)35-29(33)34-18-8-3-2-5-9-20-10-6-4-7-11-20/h4,6-7,10-15,22-24,28,32H,2-3,5,8-9,16-19H2,1H3. The van der Waals surface area contributed by atoms with Gasteiger partial charge >= 0.3 is 6.16 Å². The molecule has 36 heavy (non-hydrogen) atoms. The van der Waals surface area contributed by atoms with E-state index in [1.54, 1.807) is 0 Å². The first-order valence-electron chi connectivity index (χ1n) is 13.4. The van der Waals surface area contributed by atoms with E-state index in [9.17, 15) is 9.90 Å². The number of nitrogens with zero attached hydrogens (tertiary/aromatic N) is 1. The number of likely N-dealkylation sites (tertiary alicyclic amines) is 1. The van der Waals surface area contributed by atoms with Crippen LogP contribution < -0.4 is 9.47 Å². The number of aliphatic hydroxyl groups is 1. The number of carbonyl (C=O) groups is 1. The van der Waals surface area contributed by atoms with Gasteiger partial charge in [0.15, 0.2) is 11.5 Å². The van der Waals surface area contributed by atoms with Gasteiger partial charge in [0.2, 0.25) is 0 Å². The third kappa shape index (κ3) is 3.91. The summed E-state index contributed by atoms with van der Waals surface area (Å²) in [5, 5.41) is 10.8. The fraction of sp³-hybridized carbons (Fsp3) is 0.500. The fourth-order valence-electron chi connectivity index (χ4n) is 7.01. The summed E-state index contributed by atoms with van der Waals surface area (Å²) in [6.45, 7) is 1.30. The van der Waals surface area contributed by atoms with Gasteiger partial charge in [-0.3, -0.25) is 0 Å². The second kappa shape index (κ2) is 9.56. The molecule has 1 saturated heterocycles. The minimum atomic E-state index is -0.696. The van der Waals surface area contributed by atoms with Gasteiger partial charge in [-0.1, -0.05) is 61.4 Å². The Morgan fingerprint density at radius 1 is 1.11 bits per heavy atom. The predicted octanol–water partition coefficient (Wildman–Crippen LogP) is 4.81. The first-order chi connectivity index (χ1) is 17.6. The maximum absolute atomic E-state index is 12.5. The predicted molar refractivity (Wildman–Crippen MR) is 137 cm³/mol. The Bertz CT molecular complexity index is 1150. The van der Waals surface area contributed by atoms with Crippen LogP contribution >= 0.6 is 0 Å². The molecule has 0 radical (unpaired) electrons. The van der Waals surface area contributed by atoms with Crippen molar-refractivity contribution in [3.8, 4) is 11.5 Å². The highest BCUT2D eigenvalue weighted by Gasteiger charge is 2.64. The van der Waals surface area contributed by atoms with Crippen LogP contribution in [0.25, 0.3) is 0 Å². The molecule has 5 unspecified atom stereocenters. The number of unbranched alkanes of at least 4 members (excludes halogenated alkanes) is 3. The second-order valence-corrected chi connectivity index (χ2v) is 10.8. The molecule has 2 heterocycles. The Morgan fingerprint density at radius 2 is 1.94 bits per heavy atom. The molecular formula is C30H35NO5. The van der Waals surface area contributed by atoms with Crippen molar-refractivity contribution in [2.45, 2.75) is 68.6 Å². The van der Waals surface area contributed by atoms with Gasteiger partial charge in [-0.05, 0) is 62.9 Å². The number of hydrogen-bond donors (Lipinski definition) is 1. The molecule has 1 spiro atoms. The van der Waals surface area contributed by atoms with E-state index >= 15 is 0 Å². The van der Waals surface area contributed by atoms with Crippen LogP contribution in [0.5, 0.6) is 11.5 Å². The van der Waals surface area contributed by atoms with Crippen molar-refractivity contribution in [2.24, 2.45) is 5.92 Å². The van der Waals surface area contributed by atoms with Gasteiger partial charge in [0.05, 0.1) is 6.61 Å². The van der Waals surface area contributed by atoms with Gasteiger partial charge in [-0.25, -0.2) is 4.79 Å². The molecule has 2 aliphatic carbocycles. The summed E-state index contributed by atoms with van der Waals surface area (Å²) in [4.78, 5) is 14.9. The normalized spacial score (nSPS) is 29.4. The highest BCUT2D eigenvalue weighted by Crippen LogP contribution is 2.62. The number of likely N-dealkylation sites (N-methyl/N-ethyl adjacent to an activating group) is 1. The highest BCUT2D eigenvalue weighted by molar-refractivity contribution is 5.69. The molecule has 2 bridgehead atoms. The van der Waals surface area contributed by atoms with Crippen molar-refractivity contribution < 1.29 is 24.1 Å². The van der Waals surface area contributed by atoms with E-state index in [2.05, 4.69) is 48.4 Å². The average molecular weight is 490 g/mol. The number of ether oxygens (including phenoxy) is 3. The summed E-state index contributed by atoms with van der Waals surface area (Å²) in [5.41, 5.74) is 3.47. The third-order valence-electron chi connectivity index (χ3n) is 8.75. The van der Waals surface area contributed by atoms with Crippen molar-refractivity contribution in [1.82, 2.24) is 4.90 Å². The quantitative estimate of drug-likeness (QED) is 0.248. The van der Waals surface area contributed by atoms with Crippen molar-refractivity contribution in [3.05, 3.63) is 71.3 Å². The Morgan fingerprint density at radius 3 is 2.81 bits per heavy atom. The molecule has 6 nitrogen and oxygen atoms in total. The van der Waals surface area contributed by atoms with Crippen LogP contribution in [0.15, 0.2) is 54.6 Å². The number of benzene rings is 2. The minimum Gasteiger partial charge on any atom is -0.482 e. The molecule has 5 atom stereocenters. The molecule has 190 valence electrons. The topological polar surface area (TPSA) is 68.2 Å². The number of aryl methyl sites for hydroxylation is 1. The number of aliphatic hydroxyl groups excluding tert-OH is 1. The zero-order valence-electron chi connectivity index (χ0n) is 20.9. The lowest BCUT2D eigenvalue weighted by atomic mass is 9.53. The van der Waals surface area contributed by atoms with Gasteiger partial charge in [0.1, 0.15) is 12.2 Å². The average Bonchev–Trinajstić information content (AvgIpc) is 3.24. The zero-order chi connectivity index (χ0) is 24.7. The van der Waals surface area contributed by atoms with Crippen LogP contribution in [-0.2, 0) is 23.0 Å². The van der Waals surface area contributed by atoms with Crippen LogP contribution in [-0.4, -0.2) is 54.6 Å². The van der Waals surface area contributed by atoms with Crippen molar-refractivity contribution in [1.29, 1.82) is 0 Å². The van der Waals surface area contributed by atoms with E-state index in [1.165, 1.54) is 11.1 Å². The van der Waals surface area contributed by atoms with Crippen LogP contribution in [0, 0.1) is 5.92 Å². The summed E-state index contributed by atoms with van der Waals surface area (Å²) in [6.07, 6.45) is 9.32. The number of carbonyl (C=O) groups excluding carboxylic acids is 1. The van der Waals surface area contributed by atoms with Crippen LogP contribution in [0.4, 0.5) is 4.79 Å². The lowest BCUT2D eigenvalue weighted by molar-refractivity contribution is -0.0453. The molecule has 1 N–H and O–H groups in total. The third-order valence-corrected chi connectivity index (χ3v) is 8.75. The van der Waals surface area contributed by atoms with E-state index in [-0.39, 0.29) is 17.4 Å². The molecular weight excluding hydrogens is 454 g/mol. The van der Waals surface area contributed by atoms with Crippen molar-refractivity contribution in [2.75, 3.05) is 20.2 Å². The van der Waals surface area contributed by atoms with Crippen LogP contribution in [0.2, 0.25) is 0 Å². The zero-order valence-corrected chi connectivity index (χ0v) is 20.9. The maximum Gasteiger partial charge on any atom is 0.513 e. The number of rotatable bonds is 8.